The Morgan fingerprint density at radius 2 is 1.95 bits per heavy atom. The van der Waals surface area contributed by atoms with Gasteiger partial charge in [-0.15, -0.1) is 0 Å². The van der Waals surface area contributed by atoms with Crippen molar-refractivity contribution in [1.82, 2.24) is 0 Å². The van der Waals surface area contributed by atoms with Gasteiger partial charge < -0.3 is 14.8 Å². The molecule has 7 nitrogen and oxygen atoms in total. The first-order valence-corrected chi connectivity index (χ1v) is 6.95. The maximum Gasteiger partial charge on any atom is 0.296 e. The van der Waals surface area contributed by atoms with Gasteiger partial charge in [-0.1, -0.05) is 6.92 Å². The number of nitro benzene ring substituents is 1. The third kappa shape index (κ3) is 2.76. The fraction of sp³-hybridized carbons (Fsp3) is 0.500. The van der Waals surface area contributed by atoms with Crippen LogP contribution in [0.15, 0.2) is 12.1 Å². The maximum atomic E-state index is 12.0. The first kappa shape index (κ1) is 13.7. The summed E-state index contributed by atoms with van der Waals surface area (Å²) in [6, 6.07) is 2.79. The molecule has 0 aromatic heterocycles. The Labute approximate surface area is 121 Å². The topological polar surface area (TPSA) is 90.7 Å². The lowest BCUT2D eigenvalue weighted by Crippen LogP contribution is -2.15. The molecule has 112 valence electrons. The number of nitro groups is 1. The number of rotatable bonds is 3. The van der Waals surface area contributed by atoms with E-state index in [9.17, 15) is 14.9 Å². The van der Waals surface area contributed by atoms with Gasteiger partial charge >= 0.3 is 0 Å². The lowest BCUT2D eigenvalue weighted by atomic mass is 10.2. The van der Waals surface area contributed by atoms with E-state index in [2.05, 4.69) is 5.32 Å². The van der Waals surface area contributed by atoms with Gasteiger partial charge in [0.1, 0.15) is 5.69 Å². The van der Waals surface area contributed by atoms with E-state index in [1.807, 2.05) is 6.92 Å². The van der Waals surface area contributed by atoms with Gasteiger partial charge in [0.2, 0.25) is 5.91 Å². The van der Waals surface area contributed by atoms with Crippen molar-refractivity contribution in [1.29, 1.82) is 0 Å². The standard InChI is InChI=1S/C14H16N2O5/c1-8-5-9(8)14(17)15-10-6-12-13(7-11(10)16(18)19)21-4-2-3-20-12/h6-9H,2-5H2,1H3,(H,15,17)/t8-,9-/m0/s1. The van der Waals surface area contributed by atoms with Gasteiger partial charge in [0.25, 0.3) is 5.69 Å². The largest absolute Gasteiger partial charge is 0.489 e. The molecule has 1 saturated carbocycles. The van der Waals surface area contributed by atoms with Crippen LogP contribution in [0, 0.1) is 22.0 Å². The average Bonchev–Trinajstić information content (AvgIpc) is 3.19. The van der Waals surface area contributed by atoms with Crippen molar-refractivity contribution in [2.75, 3.05) is 18.5 Å². The van der Waals surface area contributed by atoms with E-state index in [0.717, 1.165) is 6.42 Å². The van der Waals surface area contributed by atoms with Crippen LogP contribution in [0.4, 0.5) is 11.4 Å². The molecule has 2 aliphatic rings. The van der Waals surface area contributed by atoms with Crippen molar-refractivity contribution < 1.29 is 19.2 Å². The number of benzene rings is 1. The smallest absolute Gasteiger partial charge is 0.296 e. The summed E-state index contributed by atoms with van der Waals surface area (Å²) in [5.74, 6) is 0.874. The minimum atomic E-state index is -0.527. The molecule has 1 N–H and O–H groups in total. The van der Waals surface area contributed by atoms with E-state index in [-0.39, 0.29) is 23.2 Å². The van der Waals surface area contributed by atoms with Crippen LogP contribution in [0.25, 0.3) is 0 Å². The maximum absolute atomic E-state index is 12.0. The lowest BCUT2D eigenvalue weighted by molar-refractivity contribution is -0.384. The second kappa shape index (κ2) is 5.23. The molecule has 0 spiro atoms. The molecule has 0 saturated heterocycles. The zero-order valence-corrected chi connectivity index (χ0v) is 11.6. The highest BCUT2D eigenvalue weighted by Crippen LogP contribution is 2.42. The van der Waals surface area contributed by atoms with Crippen LogP contribution in [0.2, 0.25) is 0 Å². The Balaban J connectivity index is 1.91. The number of nitrogens with one attached hydrogen (secondary N) is 1. The third-order valence-corrected chi connectivity index (χ3v) is 3.77. The predicted molar refractivity (Wildman–Crippen MR) is 74.6 cm³/mol. The summed E-state index contributed by atoms with van der Waals surface area (Å²) in [6.07, 6.45) is 1.54. The molecular weight excluding hydrogens is 276 g/mol. The number of ether oxygens (including phenoxy) is 2. The summed E-state index contributed by atoms with van der Waals surface area (Å²) in [4.78, 5) is 22.6. The van der Waals surface area contributed by atoms with Crippen LogP contribution < -0.4 is 14.8 Å². The van der Waals surface area contributed by atoms with Crippen LogP contribution in [0.3, 0.4) is 0 Å². The Morgan fingerprint density at radius 3 is 2.52 bits per heavy atom. The fourth-order valence-electron chi connectivity index (χ4n) is 2.36. The summed E-state index contributed by atoms with van der Waals surface area (Å²) >= 11 is 0. The van der Waals surface area contributed by atoms with Crippen LogP contribution in [-0.2, 0) is 4.79 Å². The molecule has 0 radical (unpaired) electrons. The number of anilines is 1. The minimum absolute atomic E-state index is 0.0550. The normalized spacial score (nSPS) is 23.1. The summed E-state index contributed by atoms with van der Waals surface area (Å²) in [5, 5.41) is 13.8. The summed E-state index contributed by atoms with van der Waals surface area (Å²) < 4.78 is 10.9. The van der Waals surface area contributed by atoms with Gasteiger partial charge in [-0.25, -0.2) is 0 Å². The molecule has 7 heteroatoms. The SMILES string of the molecule is C[C@H]1C[C@@H]1C(=O)Nc1cc2c(cc1[N+](=O)[O-])OCCCO2. The van der Waals surface area contributed by atoms with Gasteiger partial charge in [-0.05, 0) is 12.3 Å². The Hall–Kier alpha value is -2.31. The highest BCUT2D eigenvalue weighted by atomic mass is 16.6. The Bertz CT molecular complexity index is 601. The number of carbonyl (C=O) groups is 1. The van der Waals surface area contributed by atoms with E-state index in [0.29, 0.717) is 37.1 Å². The summed E-state index contributed by atoms with van der Waals surface area (Å²) in [6.45, 7) is 2.92. The first-order chi connectivity index (χ1) is 10.1. The van der Waals surface area contributed by atoms with Gasteiger partial charge in [-0.2, -0.15) is 0 Å². The predicted octanol–water partition coefficient (Wildman–Crippen LogP) is 2.35. The average molecular weight is 292 g/mol. The molecule has 0 bridgehead atoms. The second-order valence-corrected chi connectivity index (χ2v) is 5.43. The van der Waals surface area contributed by atoms with Crippen molar-refractivity contribution in [3.63, 3.8) is 0 Å². The van der Waals surface area contributed by atoms with Crippen molar-refractivity contribution in [3.05, 3.63) is 22.2 Å². The molecule has 2 atom stereocenters. The summed E-state index contributed by atoms with van der Waals surface area (Å²) in [5.41, 5.74) is -0.0192. The molecule has 3 rings (SSSR count). The van der Waals surface area contributed by atoms with Gasteiger partial charge in [-0.3, -0.25) is 14.9 Å². The van der Waals surface area contributed by atoms with Crippen LogP contribution >= 0.6 is 0 Å². The molecule has 1 heterocycles. The van der Waals surface area contributed by atoms with Crippen molar-refractivity contribution in [2.45, 2.75) is 19.8 Å². The number of fused-ring (bicyclic) bond motifs is 1. The molecular formula is C14H16N2O5. The highest BCUT2D eigenvalue weighted by Gasteiger charge is 2.39. The van der Waals surface area contributed by atoms with Crippen molar-refractivity contribution >= 4 is 17.3 Å². The number of hydrogen-bond acceptors (Lipinski definition) is 5. The summed E-state index contributed by atoms with van der Waals surface area (Å²) in [7, 11) is 0. The first-order valence-electron chi connectivity index (χ1n) is 6.95. The van der Waals surface area contributed by atoms with Crippen LogP contribution in [-0.4, -0.2) is 24.0 Å². The molecule has 1 aromatic rings. The van der Waals surface area contributed by atoms with Crippen LogP contribution in [0.1, 0.15) is 19.8 Å². The zero-order valence-electron chi connectivity index (χ0n) is 11.6. The van der Waals surface area contributed by atoms with E-state index < -0.39 is 4.92 Å². The van der Waals surface area contributed by atoms with E-state index >= 15 is 0 Å². The number of carbonyl (C=O) groups excluding carboxylic acids is 1. The molecule has 1 aliphatic heterocycles. The number of nitrogens with zero attached hydrogens (tertiary/aromatic N) is 1. The fourth-order valence-corrected chi connectivity index (χ4v) is 2.36. The number of amides is 1. The Morgan fingerprint density at radius 1 is 1.33 bits per heavy atom. The highest BCUT2D eigenvalue weighted by molar-refractivity contribution is 5.96. The second-order valence-electron chi connectivity index (χ2n) is 5.43. The van der Waals surface area contributed by atoms with Crippen LogP contribution in [0.5, 0.6) is 11.5 Å². The van der Waals surface area contributed by atoms with E-state index in [1.165, 1.54) is 12.1 Å². The minimum Gasteiger partial charge on any atom is -0.489 e. The van der Waals surface area contributed by atoms with E-state index in [1.54, 1.807) is 0 Å². The van der Waals surface area contributed by atoms with Crippen molar-refractivity contribution in [2.24, 2.45) is 11.8 Å². The molecule has 1 amide bonds. The van der Waals surface area contributed by atoms with E-state index in [4.69, 9.17) is 9.47 Å². The monoisotopic (exact) mass is 292 g/mol. The molecule has 1 aromatic carbocycles. The quantitative estimate of drug-likeness (QED) is 0.682. The zero-order chi connectivity index (χ0) is 15.0. The van der Waals surface area contributed by atoms with Gasteiger partial charge in [0.05, 0.1) is 24.2 Å². The van der Waals surface area contributed by atoms with Gasteiger partial charge in [0, 0.05) is 18.4 Å². The molecule has 0 unspecified atom stereocenters. The lowest BCUT2D eigenvalue weighted by Gasteiger charge is -2.11. The van der Waals surface area contributed by atoms with Gasteiger partial charge in [0.15, 0.2) is 11.5 Å². The molecule has 21 heavy (non-hydrogen) atoms. The van der Waals surface area contributed by atoms with Crippen molar-refractivity contribution in [3.8, 4) is 11.5 Å². The third-order valence-electron chi connectivity index (χ3n) is 3.77. The molecule has 1 aliphatic carbocycles. The number of hydrogen-bond donors (Lipinski definition) is 1. The Kier molecular flexibility index (Phi) is 3.40. The molecule has 1 fully saturated rings.